The normalized spacial score (nSPS) is 10.2. The van der Waals surface area contributed by atoms with Crippen molar-refractivity contribution in [1.82, 2.24) is 10.2 Å². The predicted molar refractivity (Wildman–Crippen MR) is 48.6 cm³/mol. The second-order valence-electron chi connectivity index (χ2n) is 2.57. The zero-order valence-electron chi connectivity index (χ0n) is 6.77. The Morgan fingerprint density at radius 2 is 1.69 bits per heavy atom. The van der Waals surface area contributed by atoms with Crippen LogP contribution in [-0.4, -0.2) is 10.2 Å². The SMILES string of the molecule is Nc1ccc(-c2nnc(N)o2)cc1. The van der Waals surface area contributed by atoms with Crippen molar-refractivity contribution in [2.24, 2.45) is 0 Å². The van der Waals surface area contributed by atoms with Crippen LogP contribution in [0.25, 0.3) is 11.5 Å². The summed E-state index contributed by atoms with van der Waals surface area (Å²) in [5.41, 5.74) is 12.3. The summed E-state index contributed by atoms with van der Waals surface area (Å²) in [6, 6.07) is 7.17. The van der Waals surface area contributed by atoms with Crippen LogP contribution in [0.1, 0.15) is 0 Å². The molecule has 0 aliphatic rings. The summed E-state index contributed by atoms with van der Waals surface area (Å²) >= 11 is 0. The molecular weight excluding hydrogens is 168 g/mol. The number of aromatic nitrogens is 2. The maximum atomic E-state index is 5.52. The molecule has 0 unspecified atom stereocenters. The molecule has 2 aromatic rings. The van der Waals surface area contributed by atoms with Crippen molar-refractivity contribution in [2.45, 2.75) is 0 Å². The van der Waals surface area contributed by atoms with E-state index in [4.69, 9.17) is 15.9 Å². The van der Waals surface area contributed by atoms with E-state index in [2.05, 4.69) is 10.2 Å². The molecule has 66 valence electrons. The standard InChI is InChI=1S/C8H8N4O/c9-6-3-1-5(2-4-6)7-11-12-8(10)13-7/h1-4H,9H2,(H2,10,12). The molecule has 5 nitrogen and oxygen atoms in total. The molecule has 0 atom stereocenters. The molecule has 0 aliphatic carbocycles. The van der Waals surface area contributed by atoms with Crippen LogP contribution in [-0.2, 0) is 0 Å². The topological polar surface area (TPSA) is 91.0 Å². The Bertz CT molecular complexity index is 406. The lowest BCUT2D eigenvalue weighted by molar-refractivity contribution is 0.590. The van der Waals surface area contributed by atoms with Gasteiger partial charge in [-0.15, -0.1) is 5.10 Å². The lowest BCUT2D eigenvalue weighted by Crippen LogP contribution is -1.83. The maximum Gasteiger partial charge on any atom is 0.313 e. The van der Waals surface area contributed by atoms with Gasteiger partial charge >= 0.3 is 6.01 Å². The first-order valence-corrected chi connectivity index (χ1v) is 3.70. The first-order chi connectivity index (χ1) is 6.25. The molecule has 1 heterocycles. The maximum absolute atomic E-state index is 5.52. The fraction of sp³-hybridized carbons (Fsp3) is 0. The molecular formula is C8H8N4O. The third kappa shape index (κ3) is 1.44. The molecule has 4 N–H and O–H groups in total. The van der Waals surface area contributed by atoms with E-state index < -0.39 is 0 Å². The molecule has 0 radical (unpaired) electrons. The number of rotatable bonds is 1. The number of hydrogen-bond acceptors (Lipinski definition) is 5. The van der Waals surface area contributed by atoms with Gasteiger partial charge in [0.05, 0.1) is 0 Å². The predicted octanol–water partition coefficient (Wildman–Crippen LogP) is 0.901. The lowest BCUT2D eigenvalue weighted by Gasteiger charge is -1.94. The average molecular weight is 176 g/mol. The molecule has 0 spiro atoms. The van der Waals surface area contributed by atoms with Gasteiger partial charge in [-0.3, -0.25) is 0 Å². The summed E-state index contributed by atoms with van der Waals surface area (Å²) in [4.78, 5) is 0. The molecule has 0 saturated heterocycles. The summed E-state index contributed by atoms with van der Waals surface area (Å²) in [5, 5.41) is 7.28. The van der Waals surface area contributed by atoms with Crippen molar-refractivity contribution >= 4 is 11.7 Å². The van der Waals surface area contributed by atoms with Crippen LogP contribution in [0.2, 0.25) is 0 Å². The van der Waals surface area contributed by atoms with Crippen LogP contribution in [0.15, 0.2) is 28.7 Å². The number of nitrogens with two attached hydrogens (primary N) is 2. The molecule has 0 bridgehead atoms. The second kappa shape index (κ2) is 2.78. The average Bonchev–Trinajstić information content (AvgIpc) is 2.53. The van der Waals surface area contributed by atoms with Gasteiger partial charge in [0, 0.05) is 11.3 Å². The quantitative estimate of drug-likeness (QED) is 0.630. The fourth-order valence-corrected chi connectivity index (χ4v) is 0.977. The highest BCUT2D eigenvalue weighted by molar-refractivity contribution is 5.57. The van der Waals surface area contributed by atoms with Gasteiger partial charge in [-0.05, 0) is 24.3 Å². The molecule has 13 heavy (non-hydrogen) atoms. The van der Waals surface area contributed by atoms with Gasteiger partial charge in [0.1, 0.15) is 0 Å². The third-order valence-electron chi connectivity index (χ3n) is 1.60. The third-order valence-corrected chi connectivity index (χ3v) is 1.60. The molecule has 1 aromatic carbocycles. The van der Waals surface area contributed by atoms with Crippen molar-refractivity contribution in [3.8, 4) is 11.5 Å². The Morgan fingerprint density at radius 1 is 1.00 bits per heavy atom. The van der Waals surface area contributed by atoms with Crippen molar-refractivity contribution in [2.75, 3.05) is 11.5 Å². The Morgan fingerprint density at radius 3 is 2.23 bits per heavy atom. The highest BCUT2D eigenvalue weighted by Gasteiger charge is 2.04. The Kier molecular flexibility index (Phi) is 1.63. The molecule has 1 aromatic heterocycles. The minimum atomic E-state index is 0.0619. The number of benzene rings is 1. The van der Waals surface area contributed by atoms with Gasteiger partial charge in [-0.2, -0.15) is 0 Å². The summed E-state index contributed by atoms with van der Waals surface area (Å²) < 4.78 is 5.02. The highest BCUT2D eigenvalue weighted by Crippen LogP contribution is 2.19. The van der Waals surface area contributed by atoms with Crippen LogP contribution in [0.4, 0.5) is 11.7 Å². The smallest absolute Gasteiger partial charge is 0.313 e. The van der Waals surface area contributed by atoms with E-state index in [1.54, 1.807) is 24.3 Å². The zero-order chi connectivity index (χ0) is 9.26. The van der Waals surface area contributed by atoms with E-state index in [0.717, 1.165) is 5.56 Å². The summed E-state index contributed by atoms with van der Waals surface area (Å²) in [5.74, 6) is 0.400. The van der Waals surface area contributed by atoms with Gasteiger partial charge in [0.2, 0.25) is 5.89 Å². The van der Waals surface area contributed by atoms with Crippen molar-refractivity contribution in [3.63, 3.8) is 0 Å². The van der Waals surface area contributed by atoms with Gasteiger partial charge < -0.3 is 15.9 Å². The minimum absolute atomic E-state index is 0.0619. The van der Waals surface area contributed by atoms with Gasteiger partial charge in [0.25, 0.3) is 0 Å². The minimum Gasteiger partial charge on any atom is -0.404 e. The Labute approximate surface area is 74.4 Å². The van der Waals surface area contributed by atoms with Crippen LogP contribution in [0.5, 0.6) is 0 Å². The molecule has 2 rings (SSSR count). The van der Waals surface area contributed by atoms with Crippen LogP contribution < -0.4 is 11.5 Å². The van der Waals surface area contributed by atoms with Gasteiger partial charge in [0.15, 0.2) is 0 Å². The van der Waals surface area contributed by atoms with E-state index in [9.17, 15) is 0 Å². The van der Waals surface area contributed by atoms with Crippen LogP contribution in [0, 0.1) is 0 Å². The Balaban J connectivity index is 2.41. The van der Waals surface area contributed by atoms with E-state index in [0.29, 0.717) is 11.6 Å². The Hall–Kier alpha value is -2.04. The molecule has 5 heteroatoms. The van der Waals surface area contributed by atoms with Gasteiger partial charge in [-0.1, -0.05) is 5.10 Å². The molecule has 0 aliphatic heterocycles. The largest absolute Gasteiger partial charge is 0.404 e. The summed E-state index contributed by atoms with van der Waals surface area (Å²) in [6.45, 7) is 0. The number of anilines is 2. The number of nitrogens with zero attached hydrogens (tertiary/aromatic N) is 2. The van der Waals surface area contributed by atoms with E-state index in [1.807, 2.05) is 0 Å². The summed E-state index contributed by atoms with van der Waals surface area (Å²) in [6.07, 6.45) is 0. The zero-order valence-corrected chi connectivity index (χ0v) is 6.77. The lowest BCUT2D eigenvalue weighted by atomic mass is 10.2. The van der Waals surface area contributed by atoms with E-state index in [-0.39, 0.29) is 6.01 Å². The van der Waals surface area contributed by atoms with E-state index in [1.165, 1.54) is 0 Å². The van der Waals surface area contributed by atoms with E-state index >= 15 is 0 Å². The first kappa shape index (κ1) is 7.60. The van der Waals surface area contributed by atoms with Crippen molar-refractivity contribution < 1.29 is 4.42 Å². The molecule has 0 fully saturated rings. The van der Waals surface area contributed by atoms with Gasteiger partial charge in [-0.25, -0.2) is 0 Å². The van der Waals surface area contributed by atoms with Crippen LogP contribution >= 0.6 is 0 Å². The van der Waals surface area contributed by atoms with Crippen LogP contribution in [0.3, 0.4) is 0 Å². The highest BCUT2D eigenvalue weighted by atomic mass is 16.4. The number of nitrogen functional groups attached to an aromatic ring is 2. The monoisotopic (exact) mass is 176 g/mol. The number of hydrogen-bond donors (Lipinski definition) is 2. The van der Waals surface area contributed by atoms with Crippen molar-refractivity contribution in [1.29, 1.82) is 0 Å². The van der Waals surface area contributed by atoms with Crippen molar-refractivity contribution in [3.05, 3.63) is 24.3 Å². The molecule has 0 saturated carbocycles. The molecule has 0 amide bonds. The first-order valence-electron chi connectivity index (χ1n) is 3.70. The summed E-state index contributed by atoms with van der Waals surface area (Å²) in [7, 11) is 0. The second-order valence-corrected chi connectivity index (χ2v) is 2.57. The fourth-order valence-electron chi connectivity index (χ4n) is 0.977.